The number of ether oxygens (including phenoxy) is 1. The summed E-state index contributed by atoms with van der Waals surface area (Å²) in [5, 5.41) is 9.27. The van der Waals surface area contributed by atoms with E-state index in [-0.39, 0.29) is 18.3 Å². The molecule has 0 bridgehead atoms. The first-order valence-electron chi connectivity index (χ1n) is 7.80. The molecule has 1 fully saturated rings. The van der Waals surface area contributed by atoms with Crippen LogP contribution in [0, 0.1) is 11.2 Å². The zero-order valence-corrected chi connectivity index (χ0v) is 13.3. The van der Waals surface area contributed by atoms with Gasteiger partial charge in [0.25, 0.3) is 0 Å². The fraction of sp³-hybridized carbons (Fsp3) is 0.529. The van der Waals surface area contributed by atoms with E-state index >= 15 is 0 Å². The number of nitrogens with zero attached hydrogens (tertiary/aromatic N) is 1. The number of rotatable bonds is 6. The lowest BCUT2D eigenvalue weighted by atomic mass is 9.82. The molecule has 1 aliphatic rings. The van der Waals surface area contributed by atoms with Gasteiger partial charge in [-0.1, -0.05) is 6.07 Å². The topological polar surface area (TPSA) is 66.8 Å². The quantitative estimate of drug-likeness (QED) is 0.817. The Morgan fingerprint density at radius 3 is 2.91 bits per heavy atom. The van der Waals surface area contributed by atoms with E-state index in [1.165, 1.54) is 12.1 Å². The number of halogens is 1. The van der Waals surface area contributed by atoms with Crippen LogP contribution < -0.4 is 4.74 Å². The van der Waals surface area contributed by atoms with Crippen molar-refractivity contribution in [3.63, 3.8) is 0 Å². The van der Waals surface area contributed by atoms with Gasteiger partial charge in [-0.15, -0.1) is 0 Å². The number of carboxylic acid groups (broad SMARTS) is 1. The Bertz CT molecular complexity index is 577. The van der Waals surface area contributed by atoms with Crippen molar-refractivity contribution in [2.75, 3.05) is 19.7 Å². The maximum absolute atomic E-state index is 13.0. The number of benzene rings is 1. The second kappa shape index (κ2) is 7.44. The van der Waals surface area contributed by atoms with Crippen LogP contribution in [0.1, 0.15) is 32.6 Å². The van der Waals surface area contributed by atoms with E-state index in [9.17, 15) is 19.1 Å². The Labute approximate surface area is 135 Å². The predicted molar refractivity (Wildman–Crippen MR) is 82.7 cm³/mol. The second-order valence-electron chi connectivity index (χ2n) is 6.19. The zero-order valence-electron chi connectivity index (χ0n) is 13.3. The van der Waals surface area contributed by atoms with E-state index in [2.05, 4.69) is 0 Å². The fourth-order valence-corrected chi connectivity index (χ4v) is 2.76. The van der Waals surface area contributed by atoms with Crippen LogP contribution in [-0.4, -0.2) is 41.6 Å². The number of likely N-dealkylation sites (tertiary alicyclic amines) is 1. The summed E-state index contributed by atoms with van der Waals surface area (Å²) in [6.45, 7) is 2.86. The number of piperidine rings is 1. The fourth-order valence-electron chi connectivity index (χ4n) is 2.76. The summed E-state index contributed by atoms with van der Waals surface area (Å²) in [5.41, 5.74) is -0.855. The molecule has 1 atom stereocenters. The first-order valence-corrected chi connectivity index (χ1v) is 7.80. The second-order valence-corrected chi connectivity index (χ2v) is 6.19. The van der Waals surface area contributed by atoms with Gasteiger partial charge >= 0.3 is 5.97 Å². The molecule has 23 heavy (non-hydrogen) atoms. The number of hydrogen-bond donors (Lipinski definition) is 1. The first-order chi connectivity index (χ1) is 10.9. The summed E-state index contributed by atoms with van der Waals surface area (Å²) < 4.78 is 18.4. The zero-order chi connectivity index (χ0) is 16.9. The molecule has 1 aromatic carbocycles. The highest BCUT2D eigenvalue weighted by molar-refractivity contribution is 5.79. The van der Waals surface area contributed by atoms with Gasteiger partial charge in [0.05, 0.1) is 12.0 Å². The molecule has 1 aliphatic heterocycles. The molecule has 0 spiro atoms. The summed E-state index contributed by atoms with van der Waals surface area (Å²) in [4.78, 5) is 25.1. The smallest absolute Gasteiger partial charge is 0.311 e. The van der Waals surface area contributed by atoms with E-state index in [0.717, 1.165) is 0 Å². The number of carboxylic acids is 1. The van der Waals surface area contributed by atoms with Crippen molar-refractivity contribution in [2.24, 2.45) is 5.41 Å². The normalized spacial score (nSPS) is 21.0. The number of carbonyl (C=O) groups is 2. The Hall–Kier alpha value is -2.11. The van der Waals surface area contributed by atoms with Gasteiger partial charge in [-0.3, -0.25) is 9.59 Å². The van der Waals surface area contributed by atoms with Crippen molar-refractivity contribution in [1.82, 2.24) is 4.90 Å². The van der Waals surface area contributed by atoms with Gasteiger partial charge in [-0.2, -0.15) is 0 Å². The summed E-state index contributed by atoms with van der Waals surface area (Å²) in [6.07, 6.45) is 2.10. The number of hydrogen-bond acceptors (Lipinski definition) is 3. The third-order valence-corrected chi connectivity index (χ3v) is 4.17. The summed E-state index contributed by atoms with van der Waals surface area (Å²) in [7, 11) is 0. The van der Waals surface area contributed by atoms with Crippen LogP contribution in [0.25, 0.3) is 0 Å². The third kappa shape index (κ3) is 4.68. The molecule has 1 unspecified atom stereocenters. The van der Waals surface area contributed by atoms with E-state index < -0.39 is 11.4 Å². The van der Waals surface area contributed by atoms with Crippen molar-refractivity contribution in [2.45, 2.75) is 32.6 Å². The largest absolute Gasteiger partial charge is 0.493 e. The van der Waals surface area contributed by atoms with E-state index in [0.29, 0.717) is 44.6 Å². The molecular weight excluding hydrogens is 301 g/mol. The average Bonchev–Trinajstić information content (AvgIpc) is 2.51. The highest BCUT2D eigenvalue weighted by atomic mass is 19.1. The summed E-state index contributed by atoms with van der Waals surface area (Å²) in [5.74, 6) is -0.835. The Balaban J connectivity index is 1.75. The van der Waals surface area contributed by atoms with Crippen molar-refractivity contribution in [3.8, 4) is 5.75 Å². The molecule has 1 amide bonds. The lowest BCUT2D eigenvalue weighted by Gasteiger charge is -2.37. The van der Waals surface area contributed by atoms with Gasteiger partial charge < -0.3 is 14.7 Å². The molecule has 5 nitrogen and oxygen atoms in total. The Morgan fingerprint density at radius 1 is 1.43 bits per heavy atom. The van der Waals surface area contributed by atoms with Crippen molar-refractivity contribution in [1.29, 1.82) is 0 Å². The van der Waals surface area contributed by atoms with Crippen LogP contribution in [0.4, 0.5) is 4.39 Å². The highest BCUT2D eigenvalue weighted by Gasteiger charge is 2.39. The van der Waals surface area contributed by atoms with Crippen LogP contribution in [0.15, 0.2) is 24.3 Å². The molecule has 0 aliphatic carbocycles. The minimum atomic E-state index is -0.857. The van der Waals surface area contributed by atoms with Gasteiger partial charge in [0, 0.05) is 25.6 Å². The van der Waals surface area contributed by atoms with Crippen LogP contribution in [0.3, 0.4) is 0 Å². The standard InChI is InChI=1S/C17H22FNO4/c1-17(16(21)22)8-4-9-19(12-17)15(20)7-3-10-23-14-6-2-5-13(18)11-14/h2,5-6,11H,3-4,7-10,12H2,1H3,(H,21,22). The van der Waals surface area contributed by atoms with Gasteiger partial charge in [-0.05, 0) is 38.3 Å². The van der Waals surface area contributed by atoms with Crippen LogP contribution in [-0.2, 0) is 9.59 Å². The monoisotopic (exact) mass is 323 g/mol. The molecule has 6 heteroatoms. The van der Waals surface area contributed by atoms with Gasteiger partial charge in [-0.25, -0.2) is 4.39 Å². The third-order valence-electron chi connectivity index (χ3n) is 4.17. The van der Waals surface area contributed by atoms with Gasteiger partial charge in [0.2, 0.25) is 5.91 Å². The Kier molecular flexibility index (Phi) is 5.58. The summed E-state index contributed by atoms with van der Waals surface area (Å²) >= 11 is 0. The van der Waals surface area contributed by atoms with Gasteiger partial charge in [0.1, 0.15) is 11.6 Å². The maximum Gasteiger partial charge on any atom is 0.311 e. The molecule has 2 rings (SSSR count). The minimum Gasteiger partial charge on any atom is -0.493 e. The van der Waals surface area contributed by atoms with Crippen LogP contribution >= 0.6 is 0 Å². The van der Waals surface area contributed by atoms with Crippen LogP contribution in [0.5, 0.6) is 5.75 Å². The van der Waals surface area contributed by atoms with Crippen molar-refractivity contribution >= 4 is 11.9 Å². The number of aliphatic carboxylic acids is 1. The van der Waals surface area contributed by atoms with E-state index in [1.807, 2.05) is 0 Å². The number of carbonyl (C=O) groups excluding carboxylic acids is 1. The van der Waals surface area contributed by atoms with Crippen molar-refractivity contribution in [3.05, 3.63) is 30.1 Å². The summed E-state index contributed by atoms with van der Waals surface area (Å²) in [6, 6.07) is 5.86. The lowest BCUT2D eigenvalue weighted by molar-refractivity contribution is -0.153. The molecular formula is C17H22FNO4. The SMILES string of the molecule is CC1(C(=O)O)CCCN(C(=O)CCCOc2cccc(F)c2)C1. The molecule has 1 N–H and O–H groups in total. The average molecular weight is 323 g/mol. The molecule has 1 saturated heterocycles. The van der Waals surface area contributed by atoms with Crippen molar-refractivity contribution < 1.29 is 23.8 Å². The van der Waals surface area contributed by atoms with E-state index in [1.54, 1.807) is 24.0 Å². The molecule has 1 heterocycles. The molecule has 126 valence electrons. The van der Waals surface area contributed by atoms with Gasteiger partial charge in [0.15, 0.2) is 0 Å². The van der Waals surface area contributed by atoms with E-state index in [4.69, 9.17) is 4.74 Å². The lowest BCUT2D eigenvalue weighted by Crippen LogP contribution is -2.48. The first kappa shape index (κ1) is 17.2. The molecule has 0 saturated carbocycles. The van der Waals surface area contributed by atoms with Crippen LogP contribution in [0.2, 0.25) is 0 Å². The molecule has 1 aromatic rings. The molecule has 0 radical (unpaired) electrons. The maximum atomic E-state index is 13.0. The Morgan fingerprint density at radius 2 is 2.22 bits per heavy atom. The predicted octanol–water partition coefficient (Wildman–Crippen LogP) is 2.70. The molecule has 0 aromatic heterocycles. The minimum absolute atomic E-state index is 0.0555. The highest BCUT2D eigenvalue weighted by Crippen LogP contribution is 2.30. The number of amides is 1.